The topological polar surface area (TPSA) is 130 Å². The molecule has 25 heavy (non-hydrogen) atoms. The van der Waals surface area contributed by atoms with Gasteiger partial charge in [-0.1, -0.05) is 0 Å². The smallest absolute Gasteiger partial charge is 0.271 e. The SMILES string of the molecule is CC(NC(=O)CNc1cc([N+](=O)[O-])ccc1NCCO)c1ccco1. The standard InChI is InChI=1S/C16H20N4O5/c1-11(15-3-2-8-25-15)19-16(22)10-18-14-9-12(20(23)24)4-5-13(14)17-6-7-21/h2-5,8-9,11,17-18,21H,6-7,10H2,1H3,(H,19,22). The van der Waals surface area contributed by atoms with Crippen molar-refractivity contribution in [2.45, 2.75) is 13.0 Å². The minimum atomic E-state index is -0.514. The molecule has 1 atom stereocenters. The lowest BCUT2D eigenvalue weighted by molar-refractivity contribution is -0.384. The maximum atomic E-state index is 12.1. The van der Waals surface area contributed by atoms with E-state index >= 15 is 0 Å². The molecule has 1 aromatic carbocycles. The Morgan fingerprint density at radius 1 is 1.32 bits per heavy atom. The summed E-state index contributed by atoms with van der Waals surface area (Å²) in [5.41, 5.74) is 0.872. The van der Waals surface area contributed by atoms with Gasteiger partial charge in [0.1, 0.15) is 5.76 Å². The first-order valence-electron chi connectivity index (χ1n) is 7.71. The molecule has 0 fully saturated rings. The van der Waals surface area contributed by atoms with Crippen LogP contribution in [0.15, 0.2) is 41.0 Å². The summed E-state index contributed by atoms with van der Waals surface area (Å²) < 4.78 is 5.22. The van der Waals surface area contributed by atoms with E-state index in [9.17, 15) is 14.9 Å². The number of aliphatic hydroxyl groups is 1. The number of nitro benzene ring substituents is 1. The zero-order chi connectivity index (χ0) is 18.2. The van der Waals surface area contributed by atoms with Crippen molar-refractivity contribution < 1.29 is 19.2 Å². The summed E-state index contributed by atoms with van der Waals surface area (Å²) in [6, 6.07) is 7.42. The molecule has 9 nitrogen and oxygen atoms in total. The van der Waals surface area contributed by atoms with Crippen molar-refractivity contribution in [2.75, 3.05) is 30.3 Å². The van der Waals surface area contributed by atoms with E-state index in [-0.39, 0.29) is 37.3 Å². The molecule has 1 unspecified atom stereocenters. The van der Waals surface area contributed by atoms with Crippen LogP contribution in [0.3, 0.4) is 0 Å². The van der Waals surface area contributed by atoms with Crippen LogP contribution in [-0.2, 0) is 4.79 Å². The molecule has 1 amide bonds. The Hall–Kier alpha value is -3.07. The molecule has 0 aliphatic heterocycles. The lowest BCUT2D eigenvalue weighted by Crippen LogP contribution is -2.32. The van der Waals surface area contributed by atoms with Gasteiger partial charge in [-0.3, -0.25) is 14.9 Å². The number of hydrogen-bond donors (Lipinski definition) is 4. The highest BCUT2D eigenvalue weighted by Crippen LogP contribution is 2.26. The van der Waals surface area contributed by atoms with Crippen LogP contribution in [0.1, 0.15) is 18.7 Å². The van der Waals surface area contributed by atoms with Gasteiger partial charge >= 0.3 is 0 Å². The second kappa shape index (κ2) is 8.69. The largest absolute Gasteiger partial charge is 0.467 e. The molecule has 0 aliphatic rings. The number of nitrogens with zero attached hydrogens (tertiary/aromatic N) is 1. The zero-order valence-corrected chi connectivity index (χ0v) is 13.7. The molecular weight excluding hydrogens is 328 g/mol. The summed E-state index contributed by atoms with van der Waals surface area (Å²) in [7, 11) is 0. The Morgan fingerprint density at radius 2 is 2.12 bits per heavy atom. The molecule has 9 heteroatoms. The third kappa shape index (κ3) is 5.21. The van der Waals surface area contributed by atoms with Gasteiger partial charge in [-0.25, -0.2) is 0 Å². The molecule has 134 valence electrons. The number of amides is 1. The van der Waals surface area contributed by atoms with Gasteiger partial charge in [0.05, 0.1) is 41.8 Å². The average molecular weight is 348 g/mol. The highest BCUT2D eigenvalue weighted by molar-refractivity contribution is 5.83. The number of nitrogens with one attached hydrogen (secondary N) is 3. The Balaban J connectivity index is 2.00. The summed E-state index contributed by atoms with van der Waals surface area (Å²) in [5.74, 6) is 0.345. The number of aliphatic hydroxyl groups excluding tert-OH is 1. The van der Waals surface area contributed by atoms with Crippen LogP contribution in [0.4, 0.5) is 17.1 Å². The molecular formula is C16H20N4O5. The number of carbonyl (C=O) groups is 1. The van der Waals surface area contributed by atoms with Crippen LogP contribution < -0.4 is 16.0 Å². The number of benzene rings is 1. The molecule has 2 rings (SSSR count). The summed E-state index contributed by atoms with van der Waals surface area (Å²) in [5, 5.41) is 28.4. The summed E-state index contributed by atoms with van der Waals surface area (Å²) in [6.45, 7) is 1.92. The van der Waals surface area contributed by atoms with Crippen molar-refractivity contribution in [3.63, 3.8) is 0 Å². The monoisotopic (exact) mass is 348 g/mol. The van der Waals surface area contributed by atoms with Crippen LogP contribution >= 0.6 is 0 Å². The molecule has 0 bridgehead atoms. The van der Waals surface area contributed by atoms with Crippen molar-refractivity contribution in [3.8, 4) is 0 Å². The molecule has 0 aliphatic carbocycles. The fourth-order valence-corrected chi connectivity index (χ4v) is 2.21. The fourth-order valence-electron chi connectivity index (χ4n) is 2.21. The van der Waals surface area contributed by atoms with Gasteiger partial charge in [0.15, 0.2) is 0 Å². The Labute approximate surface area is 144 Å². The van der Waals surface area contributed by atoms with Crippen molar-refractivity contribution in [3.05, 3.63) is 52.5 Å². The second-order valence-corrected chi connectivity index (χ2v) is 5.30. The van der Waals surface area contributed by atoms with Crippen molar-refractivity contribution >= 4 is 23.0 Å². The maximum Gasteiger partial charge on any atom is 0.271 e. The molecule has 0 saturated carbocycles. The van der Waals surface area contributed by atoms with E-state index in [0.29, 0.717) is 17.1 Å². The molecule has 2 aromatic rings. The first kappa shape index (κ1) is 18.3. The zero-order valence-electron chi connectivity index (χ0n) is 13.7. The number of nitro groups is 1. The number of non-ortho nitro benzene ring substituents is 1. The minimum absolute atomic E-state index is 0.0694. The lowest BCUT2D eigenvalue weighted by Gasteiger charge is -2.15. The minimum Gasteiger partial charge on any atom is -0.467 e. The van der Waals surface area contributed by atoms with Crippen LogP contribution in [-0.4, -0.2) is 35.6 Å². The maximum absolute atomic E-state index is 12.1. The van der Waals surface area contributed by atoms with Crippen LogP contribution in [0.2, 0.25) is 0 Å². The van der Waals surface area contributed by atoms with E-state index in [1.807, 2.05) is 0 Å². The number of hydrogen-bond acceptors (Lipinski definition) is 7. The van der Waals surface area contributed by atoms with Crippen molar-refractivity contribution in [2.24, 2.45) is 0 Å². The highest BCUT2D eigenvalue weighted by atomic mass is 16.6. The number of rotatable bonds is 9. The predicted molar refractivity (Wildman–Crippen MR) is 92.4 cm³/mol. The number of furan rings is 1. The van der Waals surface area contributed by atoms with E-state index in [1.54, 1.807) is 19.1 Å². The number of anilines is 2. The fraction of sp³-hybridized carbons (Fsp3) is 0.312. The van der Waals surface area contributed by atoms with Gasteiger partial charge in [-0.05, 0) is 25.1 Å². The molecule has 0 saturated heterocycles. The van der Waals surface area contributed by atoms with Crippen molar-refractivity contribution in [1.82, 2.24) is 5.32 Å². The second-order valence-electron chi connectivity index (χ2n) is 5.30. The average Bonchev–Trinajstić information content (AvgIpc) is 3.13. The Bertz CT molecular complexity index is 717. The van der Waals surface area contributed by atoms with Gasteiger partial charge < -0.3 is 25.5 Å². The first-order chi connectivity index (χ1) is 12.0. The van der Waals surface area contributed by atoms with E-state index < -0.39 is 4.92 Å². The van der Waals surface area contributed by atoms with Crippen molar-refractivity contribution in [1.29, 1.82) is 0 Å². The van der Waals surface area contributed by atoms with Crippen LogP contribution in [0, 0.1) is 10.1 Å². The first-order valence-corrected chi connectivity index (χ1v) is 7.71. The normalized spacial score (nSPS) is 11.6. The Kier molecular flexibility index (Phi) is 6.35. The van der Waals surface area contributed by atoms with E-state index in [0.717, 1.165) is 0 Å². The predicted octanol–water partition coefficient (Wildman–Crippen LogP) is 1.88. The highest BCUT2D eigenvalue weighted by Gasteiger charge is 2.14. The third-order valence-corrected chi connectivity index (χ3v) is 3.43. The molecule has 4 N–H and O–H groups in total. The van der Waals surface area contributed by atoms with Crippen LogP contribution in [0.25, 0.3) is 0 Å². The van der Waals surface area contributed by atoms with Gasteiger partial charge in [-0.15, -0.1) is 0 Å². The van der Waals surface area contributed by atoms with Gasteiger partial charge in [0.2, 0.25) is 5.91 Å². The molecule has 1 heterocycles. The summed E-state index contributed by atoms with van der Waals surface area (Å²) >= 11 is 0. The molecule has 1 aromatic heterocycles. The van der Waals surface area contributed by atoms with E-state index in [4.69, 9.17) is 9.52 Å². The lowest BCUT2D eigenvalue weighted by atomic mass is 10.2. The summed E-state index contributed by atoms with van der Waals surface area (Å²) in [6.07, 6.45) is 1.53. The van der Waals surface area contributed by atoms with Gasteiger partial charge in [-0.2, -0.15) is 0 Å². The molecule has 0 spiro atoms. The van der Waals surface area contributed by atoms with E-state index in [2.05, 4.69) is 16.0 Å². The quantitative estimate of drug-likeness (QED) is 0.402. The summed E-state index contributed by atoms with van der Waals surface area (Å²) in [4.78, 5) is 22.5. The Morgan fingerprint density at radius 3 is 2.76 bits per heavy atom. The van der Waals surface area contributed by atoms with Gasteiger partial charge in [0, 0.05) is 18.7 Å². The number of carbonyl (C=O) groups excluding carboxylic acids is 1. The molecule has 0 radical (unpaired) electrons. The van der Waals surface area contributed by atoms with E-state index in [1.165, 1.54) is 24.5 Å². The van der Waals surface area contributed by atoms with Gasteiger partial charge in [0.25, 0.3) is 5.69 Å². The third-order valence-electron chi connectivity index (χ3n) is 3.43. The van der Waals surface area contributed by atoms with Crippen LogP contribution in [0.5, 0.6) is 0 Å².